The number of hydrogen-bond acceptors (Lipinski definition) is 4. The minimum Gasteiger partial charge on any atom is -0.822 e. The van der Waals surface area contributed by atoms with E-state index in [4.69, 9.17) is 4.74 Å². The lowest BCUT2D eigenvalue weighted by Crippen LogP contribution is -2.39. The van der Waals surface area contributed by atoms with Gasteiger partial charge in [-0.2, -0.15) is 4.57 Å². The molecule has 0 aliphatic carbocycles. The summed E-state index contributed by atoms with van der Waals surface area (Å²) >= 11 is 1.04. The van der Waals surface area contributed by atoms with Crippen molar-refractivity contribution < 1.29 is 14.4 Å². The summed E-state index contributed by atoms with van der Waals surface area (Å²) < 4.78 is 7.24. The van der Waals surface area contributed by atoms with Crippen LogP contribution in [0, 0.1) is 0 Å². The highest BCUT2D eigenvalue weighted by Crippen LogP contribution is 2.33. The van der Waals surface area contributed by atoms with Crippen LogP contribution in [-0.4, -0.2) is 6.61 Å². The van der Waals surface area contributed by atoms with Crippen LogP contribution in [0.5, 0.6) is 11.6 Å². The van der Waals surface area contributed by atoms with E-state index in [0.29, 0.717) is 34.2 Å². The van der Waals surface area contributed by atoms with Crippen molar-refractivity contribution >= 4 is 11.3 Å². The van der Waals surface area contributed by atoms with Gasteiger partial charge in [0.25, 0.3) is 9.75 Å². The average molecular weight is 428 g/mol. The summed E-state index contributed by atoms with van der Waals surface area (Å²) in [6, 6.07) is 25.8. The van der Waals surface area contributed by atoms with Crippen molar-refractivity contribution in [3.05, 3.63) is 107 Å². The molecule has 4 rings (SSSR count). The van der Waals surface area contributed by atoms with Crippen molar-refractivity contribution in [2.75, 3.05) is 6.61 Å². The standard InChI is InChI=1S/C26H21NO3S/c1-18(2)17-30-22-16-10-9-15-21(22)25-27(20-13-7-4-8-14-20)24(28)23(26(29)31-25)19-11-5-3-6-12-19/h3-16H,1,17H2,2H3. The van der Waals surface area contributed by atoms with Crippen molar-refractivity contribution in [2.24, 2.45) is 0 Å². The third-order valence-electron chi connectivity index (χ3n) is 4.68. The normalized spacial score (nSPS) is 10.6. The number of nitrogens with zero attached hydrogens (tertiary/aromatic N) is 1. The Kier molecular flexibility index (Phi) is 5.96. The van der Waals surface area contributed by atoms with Crippen LogP contribution in [0.25, 0.3) is 27.4 Å². The number of hydrogen-bond donors (Lipinski definition) is 0. The van der Waals surface area contributed by atoms with Gasteiger partial charge < -0.3 is 9.84 Å². The van der Waals surface area contributed by atoms with Gasteiger partial charge in [-0.05, 0) is 41.5 Å². The first-order chi connectivity index (χ1) is 15.1. The molecule has 0 aliphatic rings. The van der Waals surface area contributed by atoms with Gasteiger partial charge in [0.15, 0.2) is 5.88 Å². The molecule has 0 fully saturated rings. The lowest BCUT2D eigenvalue weighted by atomic mass is 10.1. The highest BCUT2D eigenvalue weighted by molar-refractivity contribution is 7.12. The zero-order valence-electron chi connectivity index (χ0n) is 17.1. The summed E-state index contributed by atoms with van der Waals surface area (Å²) in [4.78, 5) is 13.1. The van der Waals surface area contributed by atoms with Gasteiger partial charge in [0.1, 0.15) is 17.9 Å². The fourth-order valence-corrected chi connectivity index (χ4v) is 4.32. The van der Waals surface area contributed by atoms with Crippen LogP contribution in [-0.2, 0) is 0 Å². The van der Waals surface area contributed by atoms with Gasteiger partial charge in [-0.3, -0.25) is 4.79 Å². The molecule has 0 radical (unpaired) electrons. The van der Waals surface area contributed by atoms with E-state index in [9.17, 15) is 9.90 Å². The van der Waals surface area contributed by atoms with Gasteiger partial charge in [-0.15, -0.1) is 0 Å². The van der Waals surface area contributed by atoms with Crippen molar-refractivity contribution in [3.63, 3.8) is 0 Å². The van der Waals surface area contributed by atoms with Gasteiger partial charge in [-0.25, -0.2) is 0 Å². The molecular formula is C26H21NO3S. The summed E-state index contributed by atoms with van der Waals surface area (Å²) in [6.07, 6.45) is 0. The highest BCUT2D eigenvalue weighted by Gasteiger charge is 2.26. The first-order valence-corrected chi connectivity index (χ1v) is 10.7. The first-order valence-electron chi connectivity index (χ1n) is 9.84. The number of para-hydroxylation sites is 2. The summed E-state index contributed by atoms with van der Waals surface area (Å²) in [6.45, 7) is 6.12. The Bertz CT molecular complexity index is 1280. The largest absolute Gasteiger partial charge is 0.822 e. The molecule has 0 unspecified atom stereocenters. The quantitative estimate of drug-likeness (QED) is 0.330. The minimum atomic E-state index is -0.356. The maximum atomic E-state index is 13.7. The molecule has 5 heteroatoms. The average Bonchev–Trinajstić information content (AvgIpc) is 2.79. The van der Waals surface area contributed by atoms with E-state index in [-0.39, 0.29) is 16.2 Å². The van der Waals surface area contributed by atoms with Crippen molar-refractivity contribution in [3.8, 4) is 39.0 Å². The van der Waals surface area contributed by atoms with E-state index in [2.05, 4.69) is 6.58 Å². The van der Waals surface area contributed by atoms with Gasteiger partial charge in [-0.1, -0.05) is 67.2 Å². The van der Waals surface area contributed by atoms with Crippen LogP contribution < -0.4 is 19.2 Å². The van der Waals surface area contributed by atoms with Crippen LogP contribution in [0.15, 0.2) is 102 Å². The number of benzene rings is 3. The molecule has 1 heterocycles. The summed E-state index contributed by atoms with van der Waals surface area (Å²) in [5.41, 5.74) is 3.02. The number of rotatable bonds is 6. The zero-order chi connectivity index (χ0) is 21.8. The molecule has 0 saturated carbocycles. The fraction of sp³-hybridized carbons (Fsp3) is 0.0769. The second-order valence-corrected chi connectivity index (χ2v) is 8.12. The molecule has 0 bridgehead atoms. The Labute approximate surface area is 185 Å². The van der Waals surface area contributed by atoms with E-state index in [1.807, 2.05) is 79.7 Å². The van der Waals surface area contributed by atoms with Crippen LogP contribution in [0.1, 0.15) is 6.92 Å². The molecule has 4 nitrogen and oxygen atoms in total. The molecule has 4 aromatic rings. The van der Waals surface area contributed by atoms with Crippen molar-refractivity contribution in [1.29, 1.82) is 0 Å². The lowest BCUT2D eigenvalue weighted by Gasteiger charge is -2.16. The summed E-state index contributed by atoms with van der Waals surface area (Å²) in [5.74, 6) is 0.239. The predicted molar refractivity (Wildman–Crippen MR) is 123 cm³/mol. The topological polar surface area (TPSA) is 53.2 Å². The Morgan fingerprint density at radius 1 is 0.968 bits per heavy atom. The van der Waals surface area contributed by atoms with Crippen molar-refractivity contribution in [2.45, 2.75) is 6.92 Å². The maximum Gasteiger partial charge on any atom is 0.281 e. The number of ether oxygens (including phenoxy) is 1. The molecular weight excluding hydrogens is 406 g/mol. The third-order valence-corrected chi connectivity index (χ3v) is 5.67. The molecule has 0 amide bonds. The molecule has 31 heavy (non-hydrogen) atoms. The SMILES string of the molecule is C=C(C)COc1ccccc1-c1sc(=O)c(-c2ccccc2)c([O-])[n+]1-c1ccccc1. The van der Waals surface area contributed by atoms with E-state index < -0.39 is 0 Å². The van der Waals surface area contributed by atoms with Gasteiger partial charge in [0.2, 0.25) is 5.69 Å². The first kappa shape index (κ1) is 20.6. The summed E-state index contributed by atoms with van der Waals surface area (Å²) in [7, 11) is 0. The Morgan fingerprint density at radius 2 is 1.58 bits per heavy atom. The second kappa shape index (κ2) is 8.98. The summed E-state index contributed by atoms with van der Waals surface area (Å²) in [5, 5.41) is 14.2. The number of aromatic nitrogens is 1. The molecule has 3 aromatic carbocycles. The van der Waals surface area contributed by atoms with Gasteiger partial charge in [0, 0.05) is 12.1 Å². The third kappa shape index (κ3) is 4.27. The van der Waals surface area contributed by atoms with Crippen LogP contribution in [0.4, 0.5) is 0 Å². The molecule has 0 saturated heterocycles. The van der Waals surface area contributed by atoms with Crippen LogP contribution in [0.2, 0.25) is 0 Å². The van der Waals surface area contributed by atoms with Gasteiger partial charge in [0.05, 0.1) is 5.56 Å². The molecule has 1 aromatic heterocycles. The van der Waals surface area contributed by atoms with E-state index in [1.165, 1.54) is 0 Å². The maximum absolute atomic E-state index is 13.7. The van der Waals surface area contributed by atoms with E-state index in [1.54, 1.807) is 16.7 Å². The van der Waals surface area contributed by atoms with E-state index >= 15 is 0 Å². The zero-order valence-corrected chi connectivity index (χ0v) is 17.9. The Balaban J connectivity index is 2.01. The lowest BCUT2D eigenvalue weighted by molar-refractivity contribution is -0.638. The van der Waals surface area contributed by atoms with Crippen molar-refractivity contribution in [1.82, 2.24) is 0 Å². The molecule has 0 atom stereocenters. The molecule has 0 spiro atoms. The monoisotopic (exact) mass is 427 g/mol. The molecule has 0 N–H and O–H groups in total. The van der Waals surface area contributed by atoms with Crippen LogP contribution in [0.3, 0.4) is 0 Å². The van der Waals surface area contributed by atoms with Crippen LogP contribution >= 0.6 is 11.3 Å². The highest BCUT2D eigenvalue weighted by atomic mass is 32.1. The Morgan fingerprint density at radius 3 is 2.26 bits per heavy atom. The van der Waals surface area contributed by atoms with Gasteiger partial charge >= 0.3 is 0 Å². The second-order valence-electron chi connectivity index (χ2n) is 7.15. The Hall–Kier alpha value is -3.70. The molecule has 0 aliphatic heterocycles. The smallest absolute Gasteiger partial charge is 0.281 e. The fourth-order valence-electron chi connectivity index (χ4n) is 3.28. The molecule has 154 valence electrons. The predicted octanol–water partition coefficient (Wildman–Crippen LogP) is 4.75. The van der Waals surface area contributed by atoms with E-state index in [0.717, 1.165) is 16.9 Å². The minimum absolute atomic E-state index is 0.165.